The second-order valence-electron chi connectivity index (χ2n) is 10.3. The fraction of sp³-hybridized carbons (Fsp3) is 0.414. The van der Waals surface area contributed by atoms with Crippen LogP contribution in [0.25, 0.3) is 0 Å². The lowest BCUT2D eigenvalue weighted by Crippen LogP contribution is -2.52. The molecule has 2 rings (SSSR count). The number of aryl methyl sites for hydroxylation is 2. The third-order valence-corrected chi connectivity index (χ3v) is 5.84. The van der Waals surface area contributed by atoms with E-state index in [2.05, 4.69) is 10.6 Å². The quantitative estimate of drug-likeness (QED) is 0.360. The summed E-state index contributed by atoms with van der Waals surface area (Å²) in [5, 5.41) is 15.0. The highest BCUT2D eigenvalue weighted by molar-refractivity contribution is 5.99. The minimum absolute atomic E-state index is 0.158. The molecule has 11 nitrogen and oxygen atoms in total. The smallest absolute Gasteiger partial charge is 0.408 e. The van der Waals surface area contributed by atoms with E-state index in [0.717, 1.165) is 10.5 Å². The van der Waals surface area contributed by atoms with Crippen LogP contribution in [0.5, 0.6) is 5.75 Å². The molecule has 0 aliphatic rings. The van der Waals surface area contributed by atoms with Gasteiger partial charge in [-0.05, 0) is 76.4 Å². The summed E-state index contributed by atoms with van der Waals surface area (Å²) >= 11 is 0. The van der Waals surface area contributed by atoms with Gasteiger partial charge < -0.3 is 30.7 Å². The van der Waals surface area contributed by atoms with E-state index in [-0.39, 0.29) is 12.8 Å². The number of benzene rings is 2. The maximum atomic E-state index is 14.0. The van der Waals surface area contributed by atoms with Crippen LogP contribution in [-0.4, -0.2) is 54.0 Å². The van der Waals surface area contributed by atoms with Crippen LogP contribution < -0.4 is 21.1 Å². The second-order valence-corrected chi connectivity index (χ2v) is 10.3. The van der Waals surface area contributed by atoms with Crippen LogP contribution in [0.2, 0.25) is 0 Å². The number of nitrogens with one attached hydrogen (secondary N) is 2. The summed E-state index contributed by atoms with van der Waals surface area (Å²) < 4.78 is 10.5. The van der Waals surface area contributed by atoms with Crippen molar-refractivity contribution < 1.29 is 28.7 Å². The number of nitrogens with zero attached hydrogens (tertiary/aromatic N) is 2. The zero-order valence-electron chi connectivity index (χ0n) is 23.7. The van der Waals surface area contributed by atoms with Crippen LogP contribution in [0.15, 0.2) is 42.5 Å². The molecule has 0 aromatic heterocycles. The normalized spacial score (nSPS) is 12.3. The Bertz CT molecular complexity index is 1260. The van der Waals surface area contributed by atoms with E-state index in [4.69, 9.17) is 15.2 Å². The van der Waals surface area contributed by atoms with Gasteiger partial charge >= 0.3 is 6.09 Å². The number of hydrogen-bond donors (Lipinski definition) is 3. The van der Waals surface area contributed by atoms with E-state index < -0.39 is 48.0 Å². The van der Waals surface area contributed by atoms with Crippen LogP contribution in [-0.2, 0) is 19.1 Å². The summed E-state index contributed by atoms with van der Waals surface area (Å²) in [6.45, 7) is 8.15. The molecule has 2 atom stereocenters. The monoisotopic (exact) mass is 551 g/mol. The number of methoxy groups -OCH3 is 1. The number of nitrogens with two attached hydrogens (primary N) is 1. The lowest BCUT2D eigenvalue weighted by molar-refractivity contribution is -0.140. The number of hydrogen-bond acceptors (Lipinski definition) is 7. The molecule has 0 bridgehead atoms. The summed E-state index contributed by atoms with van der Waals surface area (Å²) in [4.78, 5) is 53.0. The molecule has 0 heterocycles. The first kappa shape index (κ1) is 31.6. The van der Waals surface area contributed by atoms with Crippen molar-refractivity contribution in [2.75, 3.05) is 19.0 Å². The molecular weight excluding hydrogens is 514 g/mol. The SMILES string of the molecule is COc1ccc(NC(=O)C(c2cc(C)ccc2C)N(CC#N)C(=O)C(CCC(N)=O)NC(=O)OC(C)(C)C)cc1. The molecule has 0 fully saturated rings. The second kappa shape index (κ2) is 14.0. The molecule has 2 aromatic rings. The predicted molar refractivity (Wildman–Crippen MR) is 149 cm³/mol. The van der Waals surface area contributed by atoms with E-state index >= 15 is 0 Å². The van der Waals surface area contributed by atoms with Crippen molar-refractivity contribution in [2.45, 2.75) is 65.1 Å². The molecule has 2 unspecified atom stereocenters. The van der Waals surface area contributed by atoms with E-state index in [1.54, 1.807) is 58.0 Å². The molecule has 0 aliphatic heterocycles. The molecule has 4 amide bonds. The van der Waals surface area contributed by atoms with Crippen molar-refractivity contribution in [1.82, 2.24) is 10.2 Å². The van der Waals surface area contributed by atoms with Gasteiger partial charge in [-0.25, -0.2) is 4.79 Å². The Morgan fingerprint density at radius 1 is 1.07 bits per heavy atom. The summed E-state index contributed by atoms with van der Waals surface area (Å²) in [5.41, 5.74) is 6.96. The molecule has 0 spiro atoms. The molecule has 0 aliphatic carbocycles. The van der Waals surface area contributed by atoms with Crippen LogP contribution >= 0.6 is 0 Å². The lowest BCUT2D eigenvalue weighted by atomic mass is 9.95. The molecule has 0 saturated carbocycles. The Morgan fingerprint density at radius 3 is 2.27 bits per heavy atom. The van der Waals surface area contributed by atoms with Crippen molar-refractivity contribution in [3.8, 4) is 11.8 Å². The van der Waals surface area contributed by atoms with Crippen LogP contribution in [0.3, 0.4) is 0 Å². The van der Waals surface area contributed by atoms with Crippen molar-refractivity contribution in [3.05, 3.63) is 59.2 Å². The standard InChI is InChI=1S/C29H37N5O6/c1-18-7-8-19(2)22(17-18)25(26(36)32-20-9-11-21(39-6)12-10-20)34(16-15-30)27(37)23(13-14-24(31)35)33-28(38)40-29(3,4)5/h7-12,17,23,25H,13-14,16H2,1-6H3,(H2,31,35)(H,32,36)(H,33,38). The van der Waals surface area contributed by atoms with Gasteiger partial charge in [-0.15, -0.1) is 0 Å². The van der Waals surface area contributed by atoms with Gasteiger partial charge in [0.25, 0.3) is 5.91 Å². The number of alkyl carbamates (subject to hydrolysis) is 1. The van der Waals surface area contributed by atoms with Gasteiger partial charge in [-0.3, -0.25) is 14.4 Å². The van der Waals surface area contributed by atoms with Gasteiger partial charge in [0, 0.05) is 12.1 Å². The van der Waals surface area contributed by atoms with Crippen molar-refractivity contribution in [3.63, 3.8) is 0 Å². The number of rotatable bonds is 11. The first-order valence-corrected chi connectivity index (χ1v) is 12.7. The Labute approximate surface area is 234 Å². The third-order valence-electron chi connectivity index (χ3n) is 5.84. The average molecular weight is 552 g/mol. The molecular formula is C29H37N5O6. The summed E-state index contributed by atoms with van der Waals surface area (Å²) in [5.74, 6) is -1.41. The Balaban J connectivity index is 2.56. The number of ether oxygens (including phenoxy) is 2. The van der Waals surface area contributed by atoms with E-state index in [1.807, 2.05) is 25.1 Å². The molecule has 214 valence electrons. The molecule has 4 N–H and O–H groups in total. The minimum atomic E-state index is -1.29. The maximum absolute atomic E-state index is 14.0. The summed E-state index contributed by atoms with van der Waals surface area (Å²) in [6.07, 6.45) is -1.27. The first-order chi connectivity index (χ1) is 18.7. The summed E-state index contributed by atoms with van der Waals surface area (Å²) in [7, 11) is 1.52. The lowest BCUT2D eigenvalue weighted by Gasteiger charge is -2.33. The molecule has 40 heavy (non-hydrogen) atoms. The van der Waals surface area contributed by atoms with Crippen molar-refractivity contribution in [2.24, 2.45) is 5.73 Å². The van der Waals surface area contributed by atoms with Crippen molar-refractivity contribution in [1.29, 1.82) is 5.26 Å². The fourth-order valence-electron chi connectivity index (χ4n) is 3.96. The number of carbonyl (C=O) groups excluding carboxylic acids is 4. The van der Waals surface area contributed by atoms with E-state index in [9.17, 15) is 24.4 Å². The Hall–Kier alpha value is -4.59. The molecule has 11 heteroatoms. The Morgan fingerprint density at radius 2 is 1.73 bits per heavy atom. The van der Waals surface area contributed by atoms with Crippen LogP contribution in [0, 0.1) is 25.2 Å². The van der Waals surface area contributed by atoms with E-state index in [0.29, 0.717) is 22.6 Å². The Kier molecular flexibility index (Phi) is 11.1. The average Bonchev–Trinajstić information content (AvgIpc) is 2.87. The zero-order chi connectivity index (χ0) is 30.0. The highest BCUT2D eigenvalue weighted by Crippen LogP contribution is 2.28. The largest absolute Gasteiger partial charge is 0.497 e. The predicted octanol–water partition coefficient (Wildman–Crippen LogP) is 3.50. The topological polar surface area (TPSA) is 164 Å². The molecule has 0 radical (unpaired) electrons. The van der Waals surface area contributed by atoms with Gasteiger partial charge in [-0.2, -0.15) is 5.26 Å². The van der Waals surface area contributed by atoms with Gasteiger partial charge in [-0.1, -0.05) is 23.8 Å². The number of nitriles is 1. The maximum Gasteiger partial charge on any atom is 0.408 e. The third kappa shape index (κ3) is 9.31. The van der Waals surface area contributed by atoms with Gasteiger partial charge in [0.1, 0.15) is 30.0 Å². The number of carbonyl (C=O) groups is 4. The number of primary amides is 1. The summed E-state index contributed by atoms with van der Waals surface area (Å²) in [6, 6.07) is 11.5. The van der Waals surface area contributed by atoms with Gasteiger partial charge in [0.2, 0.25) is 11.8 Å². The first-order valence-electron chi connectivity index (χ1n) is 12.7. The number of anilines is 1. The minimum Gasteiger partial charge on any atom is -0.497 e. The zero-order valence-corrected chi connectivity index (χ0v) is 23.7. The molecule has 0 saturated heterocycles. The van der Waals surface area contributed by atoms with Gasteiger partial charge in [0.05, 0.1) is 13.2 Å². The fourth-order valence-corrected chi connectivity index (χ4v) is 3.96. The van der Waals surface area contributed by atoms with Crippen LogP contribution in [0.1, 0.15) is 56.3 Å². The highest BCUT2D eigenvalue weighted by atomic mass is 16.6. The highest BCUT2D eigenvalue weighted by Gasteiger charge is 2.37. The van der Waals surface area contributed by atoms with Crippen LogP contribution in [0.4, 0.5) is 10.5 Å². The number of amides is 4. The molecule has 2 aromatic carbocycles. The van der Waals surface area contributed by atoms with E-state index in [1.165, 1.54) is 7.11 Å². The van der Waals surface area contributed by atoms with Gasteiger partial charge in [0.15, 0.2) is 0 Å². The van der Waals surface area contributed by atoms with Crippen molar-refractivity contribution >= 4 is 29.5 Å².